The molecule has 0 aromatic carbocycles. The van der Waals surface area contributed by atoms with E-state index in [0.29, 0.717) is 12.2 Å². The molecule has 0 aliphatic carbocycles. The lowest BCUT2D eigenvalue weighted by atomic mass is 10.2. The molecule has 0 bridgehead atoms. The van der Waals surface area contributed by atoms with Gasteiger partial charge in [-0.25, -0.2) is 9.78 Å². The third-order valence-corrected chi connectivity index (χ3v) is 5.12. The molecule has 9 heteroatoms. The smallest absolute Gasteiger partial charge is 0.358 e. The summed E-state index contributed by atoms with van der Waals surface area (Å²) in [5, 5.41) is 10.6. The Morgan fingerprint density at radius 2 is 2.24 bits per heavy atom. The molecular formula is C16H15N3O4S2. The molecule has 130 valence electrons. The van der Waals surface area contributed by atoms with Crippen LogP contribution in [0.25, 0.3) is 9.88 Å². The van der Waals surface area contributed by atoms with Crippen molar-refractivity contribution in [2.24, 2.45) is 0 Å². The second-order valence-electron chi connectivity index (χ2n) is 5.13. The fourth-order valence-corrected chi connectivity index (χ4v) is 3.63. The van der Waals surface area contributed by atoms with Crippen molar-refractivity contribution in [3.8, 4) is 9.88 Å². The van der Waals surface area contributed by atoms with Gasteiger partial charge in [0, 0.05) is 11.4 Å². The number of esters is 1. The number of ether oxygens (including phenoxy) is 1. The number of nitrogens with zero attached hydrogens (tertiary/aromatic N) is 2. The number of rotatable bonds is 6. The van der Waals surface area contributed by atoms with Crippen molar-refractivity contribution < 1.29 is 18.8 Å². The van der Waals surface area contributed by atoms with Gasteiger partial charge in [0.1, 0.15) is 10.8 Å². The van der Waals surface area contributed by atoms with Crippen molar-refractivity contribution in [1.29, 1.82) is 0 Å². The van der Waals surface area contributed by atoms with Gasteiger partial charge in [0.05, 0.1) is 4.88 Å². The third-order valence-electron chi connectivity index (χ3n) is 3.24. The van der Waals surface area contributed by atoms with Crippen molar-refractivity contribution in [1.82, 2.24) is 10.1 Å². The van der Waals surface area contributed by atoms with E-state index in [1.54, 1.807) is 36.6 Å². The van der Waals surface area contributed by atoms with Crippen molar-refractivity contribution in [3.63, 3.8) is 0 Å². The zero-order valence-electron chi connectivity index (χ0n) is 13.5. The van der Waals surface area contributed by atoms with Crippen LogP contribution in [0.3, 0.4) is 0 Å². The molecule has 1 amide bonds. The van der Waals surface area contributed by atoms with E-state index < -0.39 is 18.0 Å². The lowest BCUT2D eigenvalue weighted by Gasteiger charge is -2.14. The Hall–Kier alpha value is -2.52. The molecule has 1 atom stereocenters. The van der Waals surface area contributed by atoms with Gasteiger partial charge in [0.15, 0.2) is 17.6 Å². The average molecular weight is 377 g/mol. The largest absolute Gasteiger partial charge is 0.448 e. The standard InChI is InChI=1S/C16H15N3O4S2/c1-3-11(14(20)18-13-7-9(2)23-19-13)22-16(21)10-8-25-15(17-10)12-5-4-6-24-12/h4-8,11H,3H2,1-2H3,(H,18,19,20). The lowest BCUT2D eigenvalue weighted by Crippen LogP contribution is -2.32. The molecule has 3 aromatic rings. The van der Waals surface area contributed by atoms with E-state index in [4.69, 9.17) is 9.26 Å². The van der Waals surface area contributed by atoms with Gasteiger partial charge in [-0.1, -0.05) is 18.1 Å². The number of carbonyl (C=O) groups is 2. The van der Waals surface area contributed by atoms with Gasteiger partial charge >= 0.3 is 5.97 Å². The number of hydrogen-bond donors (Lipinski definition) is 1. The van der Waals surface area contributed by atoms with E-state index in [1.807, 2.05) is 17.5 Å². The first-order valence-electron chi connectivity index (χ1n) is 7.51. The number of aryl methyl sites for hydroxylation is 1. The van der Waals surface area contributed by atoms with Gasteiger partial charge in [0.2, 0.25) is 0 Å². The van der Waals surface area contributed by atoms with Crippen molar-refractivity contribution in [2.45, 2.75) is 26.4 Å². The third kappa shape index (κ3) is 4.12. The molecule has 7 nitrogen and oxygen atoms in total. The zero-order valence-corrected chi connectivity index (χ0v) is 15.1. The second kappa shape index (κ2) is 7.58. The van der Waals surface area contributed by atoms with Crippen LogP contribution in [0.1, 0.15) is 29.6 Å². The Morgan fingerprint density at radius 1 is 1.40 bits per heavy atom. The first-order valence-corrected chi connectivity index (χ1v) is 9.27. The van der Waals surface area contributed by atoms with E-state index >= 15 is 0 Å². The van der Waals surface area contributed by atoms with Gasteiger partial charge in [-0.05, 0) is 24.8 Å². The predicted molar refractivity (Wildman–Crippen MR) is 94.8 cm³/mol. The molecule has 3 rings (SSSR count). The molecule has 0 radical (unpaired) electrons. The Balaban J connectivity index is 1.64. The summed E-state index contributed by atoms with van der Waals surface area (Å²) >= 11 is 2.90. The van der Waals surface area contributed by atoms with E-state index in [9.17, 15) is 9.59 Å². The maximum atomic E-state index is 12.3. The van der Waals surface area contributed by atoms with Crippen LogP contribution in [0.4, 0.5) is 5.82 Å². The van der Waals surface area contributed by atoms with E-state index in [2.05, 4.69) is 15.5 Å². The highest BCUT2D eigenvalue weighted by Crippen LogP contribution is 2.28. The summed E-state index contributed by atoms with van der Waals surface area (Å²) in [7, 11) is 0. The molecule has 0 aliphatic rings. The highest BCUT2D eigenvalue weighted by atomic mass is 32.1. The highest BCUT2D eigenvalue weighted by molar-refractivity contribution is 7.20. The zero-order chi connectivity index (χ0) is 17.8. The number of carbonyl (C=O) groups excluding carboxylic acids is 2. The van der Waals surface area contributed by atoms with Crippen LogP contribution in [0.2, 0.25) is 0 Å². The summed E-state index contributed by atoms with van der Waals surface area (Å²) in [4.78, 5) is 29.8. The second-order valence-corrected chi connectivity index (χ2v) is 6.94. The number of thiazole rings is 1. The summed E-state index contributed by atoms with van der Waals surface area (Å²) < 4.78 is 10.2. The number of amides is 1. The summed E-state index contributed by atoms with van der Waals surface area (Å²) in [6, 6.07) is 5.43. The van der Waals surface area contributed by atoms with Crippen molar-refractivity contribution >= 4 is 40.4 Å². The minimum Gasteiger partial charge on any atom is -0.448 e. The molecule has 3 aromatic heterocycles. The van der Waals surface area contributed by atoms with E-state index in [0.717, 1.165) is 9.88 Å². The minimum absolute atomic E-state index is 0.192. The molecular weight excluding hydrogens is 362 g/mol. The minimum atomic E-state index is -0.934. The van der Waals surface area contributed by atoms with Crippen molar-refractivity contribution in [3.05, 3.63) is 40.4 Å². The van der Waals surface area contributed by atoms with Crippen LogP contribution in [-0.2, 0) is 9.53 Å². The van der Waals surface area contributed by atoms with Gasteiger partial charge < -0.3 is 14.6 Å². The topological polar surface area (TPSA) is 94.3 Å². The van der Waals surface area contributed by atoms with Crippen LogP contribution in [0.15, 0.2) is 33.5 Å². The normalized spacial score (nSPS) is 11.9. The summed E-state index contributed by atoms with van der Waals surface area (Å²) in [6.07, 6.45) is -0.604. The van der Waals surface area contributed by atoms with Gasteiger partial charge in [-0.3, -0.25) is 4.79 Å². The number of anilines is 1. The first-order chi connectivity index (χ1) is 12.1. The molecule has 1 unspecified atom stereocenters. The predicted octanol–water partition coefficient (Wildman–Crippen LogP) is 3.74. The fraction of sp³-hybridized carbons (Fsp3) is 0.250. The van der Waals surface area contributed by atoms with Crippen LogP contribution in [0, 0.1) is 6.92 Å². The molecule has 0 saturated carbocycles. The molecule has 0 fully saturated rings. The maximum Gasteiger partial charge on any atom is 0.358 e. The number of nitrogens with one attached hydrogen (secondary N) is 1. The summed E-state index contributed by atoms with van der Waals surface area (Å²) in [5.41, 5.74) is 0.192. The van der Waals surface area contributed by atoms with Crippen LogP contribution < -0.4 is 5.32 Å². The molecule has 0 spiro atoms. The summed E-state index contributed by atoms with van der Waals surface area (Å²) in [6.45, 7) is 3.47. The lowest BCUT2D eigenvalue weighted by molar-refractivity contribution is -0.124. The monoisotopic (exact) mass is 377 g/mol. The Morgan fingerprint density at radius 3 is 2.88 bits per heavy atom. The molecule has 1 N–H and O–H groups in total. The Labute approximate surface area is 151 Å². The number of hydrogen-bond acceptors (Lipinski definition) is 8. The highest BCUT2D eigenvalue weighted by Gasteiger charge is 2.24. The first kappa shape index (κ1) is 17.3. The van der Waals surface area contributed by atoms with Crippen LogP contribution in [-0.4, -0.2) is 28.1 Å². The van der Waals surface area contributed by atoms with E-state index in [1.165, 1.54) is 11.3 Å². The number of aromatic nitrogens is 2. The summed E-state index contributed by atoms with van der Waals surface area (Å²) in [5.74, 6) is -0.232. The Kier molecular flexibility index (Phi) is 5.25. The molecule has 0 aliphatic heterocycles. The van der Waals surface area contributed by atoms with Gasteiger partial charge in [0.25, 0.3) is 5.91 Å². The van der Waals surface area contributed by atoms with Gasteiger partial charge in [-0.15, -0.1) is 22.7 Å². The van der Waals surface area contributed by atoms with Gasteiger partial charge in [-0.2, -0.15) is 0 Å². The Bertz CT molecular complexity index is 870. The maximum absolute atomic E-state index is 12.3. The SMILES string of the molecule is CCC(OC(=O)c1csc(-c2cccs2)n1)C(=O)Nc1cc(C)on1. The molecule has 3 heterocycles. The number of thiophene rings is 1. The molecule has 0 saturated heterocycles. The van der Waals surface area contributed by atoms with Crippen molar-refractivity contribution in [2.75, 3.05) is 5.32 Å². The van der Waals surface area contributed by atoms with E-state index in [-0.39, 0.29) is 11.5 Å². The average Bonchev–Trinajstić information content (AvgIpc) is 3.33. The van der Waals surface area contributed by atoms with Crippen LogP contribution >= 0.6 is 22.7 Å². The fourth-order valence-electron chi connectivity index (χ4n) is 2.02. The molecule has 25 heavy (non-hydrogen) atoms. The quantitative estimate of drug-likeness (QED) is 0.658. The van der Waals surface area contributed by atoms with Crippen LogP contribution in [0.5, 0.6) is 0 Å².